The summed E-state index contributed by atoms with van der Waals surface area (Å²) >= 11 is 1.22. The molecule has 1 aliphatic rings. The molecule has 6 nitrogen and oxygen atoms in total. The largest absolute Gasteiger partial charge is 0.421 e. The molecule has 1 N–H and O–H groups in total. The van der Waals surface area contributed by atoms with Crippen LogP contribution in [-0.2, 0) is 26.9 Å². The molecule has 2 aromatic carbocycles. The van der Waals surface area contributed by atoms with Gasteiger partial charge in [-0.1, -0.05) is 30.3 Å². The zero-order valence-electron chi connectivity index (χ0n) is 19.4. The number of hydrogen-bond donors (Lipinski definition) is 1. The van der Waals surface area contributed by atoms with Crippen LogP contribution in [0.25, 0.3) is 0 Å². The Kier molecular flexibility index (Phi) is 7.64. The van der Waals surface area contributed by atoms with E-state index in [1.54, 1.807) is 16.3 Å². The first-order valence-corrected chi connectivity index (χ1v) is 14.0. The summed E-state index contributed by atoms with van der Waals surface area (Å²) in [6.45, 7) is 0.756. The van der Waals surface area contributed by atoms with Gasteiger partial charge in [-0.15, -0.1) is 11.3 Å². The molecule has 1 fully saturated rings. The van der Waals surface area contributed by atoms with Crippen molar-refractivity contribution in [2.45, 2.75) is 29.0 Å². The molecule has 0 spiro atoms. The molecule has 0 saturated carbocycles. The number of nitrogens with zero attached hydrogens (tertiary/aromatic N) is 2. The molecule has 4 rings (SSSR count). The second-order valence-electron chi connectivity index (χ2n) is 8.58. The maximum atomic E-state index is 13.5. The maximum Gasteiger partial charge on any atom is 0.421 e. The third kappa shape index (κ3) is 5.36. The Balaban J connectivity index is 1.73. The minimum absolute atomic E-state index is 0.0684. The number of sulfonamides is 1. The van der Waals surface area contributed by atoms with Crippen LogP contribution in [0.4, 0.5) is 23.2 Å². The van der Waals surface area contributed by atoms with Gasteiger partial charge >= 0.3 is 6.18 Å². The number of alkyl halides is 3. The van der Waals surface area contributed by atoms with Gasteiger partial charge in [0.2, 0.25) is 0 Å². The zero-order valence-corrected chi connectivity index (χ0v) is 21.8. The number of benzene rings is 2. The highest BCUT2D eigenvalue weighted by atomic mass is 32.2. The van der Waals surface area contributed by atoms with Gasteiger partial charge in [-0.25, -0.2) is 17.0 Å². The van der Waals surface area contributed by atoms with Crippen molar-refractivity contribution in [2.75, 3.05) is 24.5 Å². The summed E-state index contributed by atoms with van der Waals surface area (Å²) in [6.07, 6.45) is -4.89. The topological polar surface area (TPSA) is 77.9 Å². The Labute approximate surface area is 218 Å². The second kappa shape index (κ2) is 10.3. The molecule has 1 aliphatic heterocycles. The van der Waals surface area contributed by atoms with Crippen molar-refractivity contribution in [2.24, 2.45) is 0 Å². The fourth-order valence-corrected chi connectivity index (χ4v) is 7.23. The smallest absolute Gasteiger partial charge is 0.376 e. The summed E-state index contributed by atoms with van der Waals surface area (Å²) in [5, 5.41) is 11.6. The van der Waals surface area contributed by atoms with Gasteiger partial charge in [-0.05, 0) is 53.8 Å². The Hall–Kier alpha value is -2.58. The molecule has 1 saturated heterocycles. The van der Waals surface area contributed by atoms with Crippen LogP contribution >= 0.6 is 11.3 Å². The van der Waals surface area contributed by atoms with Gasteiger partial charge in [-0.3, -0.25) is 0 Å². The zero-order chi connectivity index (χ0) is 27.0. The highest BCUT2D eigenvalue weighted by Crippen LogP contribution is 2.39. The minimum atomic E-state index is -4.89. The van der Waals surface area contributed by atoms with Gasteiger partial charge in [0.15, 0.2) is 5.60 Å². The van der Waals surface area contributed by atoms with Crippen LogP contribution in [0.3, 0.4) is 0 Å². The van der Waals surface area contributed by atoms with Crippen LogP contribution in [0.1, 0.15) is 18.1 Å². The van der Waals surface area contributed by atoms with Gasteiger partial charge < -0.3 is 10.0 Å². The van der Waals surface area contributed by atoms with Crippen LogP contribution in [0, 0.1) is 5.82 Å². The van der Waals surface area contributed by atoms with Crippen LogP contribution in [0.2, 0.25) is 0 Å². The third-order valence-corrected chi connectivity index (χ3v) is 10.2. The number of anilines is 1. The van der Waals surface area contributed by atoms with E-state index in [-0.39, 0.29) is 45.5 Å². The molecule has 0 amide bonds. The number of piperazine rings is 1. The lowest BCUT2D eigenvalue weighted by atomic mass is 9.94. The van der Waals surface area contributed by atoms with Gasteiger partial charge in [0.1, 0.15) is 10.0 Å². The number of hydrogen-bond acceptors (Lipinski definition) is 6. The van der Waals surface area contributed by atoms with Gasteiger partial charge in [-0.2, -0.15) is 17.5 Å². The number of thiophene rings is 1. The predicted molar refractivity (Wildman–Crippen MR) is 135 cm³/mol. The lowest BCUT2D eigenvalue weighted by molar-refractivity contribution is -0.258. The summed E-state index contributed by atoms with van der Waals surface area (Å²) in [7, 11) is -3.85. The fourth-order valence-electron chi connectivity index (χ4n) is 4.10. The molecule has 0 bridgehead atoms. The van der Waals surface area contributed by atoms with E-state index in [1.807, 2.05) is 0 Å². The summed E-state index contributed by atoms with van der Waals surface area (Å²) in [4.78, 5) is 1.97. The second-order valence-corrected chi connectivity index (χ2v) is 12.3. The minimum Gasteiger partial charge on any atom is -0.376 e. The lowest BCUT2D eigenvalue weighted by Crippen LogP contribution is -2.58. The van der Waals surface area contributed by atoms with Crippen LogP contribution in [0.5, 0.6) is 0 Å². The maximum absolute atomic E-state index is 13.5. The molecule has 1 aromatic heterocycles. The summed E-state index contributed by atoms with van der Waals surface area (Å²) in [5.74, 6) is -0.506. The molecular weight excluding hydrogens is 552 g/mol. The molecule has 13 heteroatoms. The molecule has 0 radical (unpaired) electrons. The quantitative estimate of drug-likeness (QED) is 0.274. The van der Waals surface area contributed by atoms with Gasteiger partial charge in [0.05, 0.1) is 22.2 Å². The van der Waals surface area contributed by atoms with E-state index in [2.05, 4.69) is 0 Å². The molecule has 0 aliphatic carbocycles. The first-order chi connectivity index (χ1) is 17.4. The van der Waals surface area contributed by atoms with E-state index in [1.165, 1.54) is 46.8 Å². The van der Waals surface area contributed by atoms with Crippen molar-refractivity contribution in [1.82, 2.24) is 4.31 Å². The normalized spacial score (nSPS) is 18.9. The van der Waals surface area contributed by atoms with Crippen molar-refractivity contribution < 1.29 is 35.3 Å². The Morgan fingerprint density at radius 3 is 2.24 bits per heavy atom. The summed E-state index contributed by atoms with van der Waals surface area (Å²) in [6, 6.07) is 12.6. The molecule has 2 atom stereocenters. The average Bonchev–Trinajstić information content (AvgIpc) is 3.41. The Bertz CT molecular complexity index is 1400. The summed E-state index contributed by atoms with van der Waals surface area (Å²) < 4.78 is 93.6. The van der Waals surface area contributed by atoms with Crippen molar-refractivity contribution >= 4 is 43.2 Å². The Morgan fingerprint density at radius 2 is 1.70 bits per heavy atom. The monoisotopic (exact) mass is 574 g/mol. The van der Waals surface area contributed by atoms with Crippen molar-refractivity contribution in [3.8, 4) is 0 Å². The van der Waals surface area contributed by atoms with Crippen molar-refractivity contribution in [3.05, 3.63) is 83.0 Å². The van der Waals surface area contributed by atoms with Crippen LogP contribution < -0.4 is 4.90 Å². The first-order valence-electron chi connectivity index (χ1n) is 11.0. The molecule has 3 aromatic rings. The van der Waals surface area contributed by atoms with Crippen molar-refractivity contribution in [3.63, 3.8) is 0 Å². The predicted octanol–water partition coefficient (Wildman–Crippen LogP) is 3.97. The number of halogens is 4. The average molecular weight is 575 g/mol. The van der Waals surface area contributed by atoms with Gasteiger partial charge in [0, 0.05) is 25.3 Å². The highest BCUT2D eigenvalue weighted by Gasteiger charge is 2.51. The lowest BCUT2D eigenvalue weighted by Gasteiger charge is -2.42. The van der Waals surface area contributed by atoms with E-state index < -0.39 is 33.7 Å². The number of aliphatic hydroxyl groups is 1. The third-order valence-electron chi connectivity index (χ3n) is 6.27. The van der Waals surface area contributed by atoms with Crippen molar-refractivity contribution in [1.29, 1.82) is 0 Å². The fraction of sp³-hybridized carbons (Fsp3) is 0.292. The molecule has 2 heterocycles. The molecule has 198 valence electrons. The van der Waals surface area contributed by atoms with E-state index in [0.29, 0.717) is 18.2 Å². The highest BCUT2D eigenvalue weighted by molar-refractivity contribution is 7.91. The Morgan fingerprint density at radius 1 is 1.05 bits per heavy atom. The van der Waals surface area contributed by atoms with E-state index in [0.717, 1.165) is 23.5 Å². The first kappa shape index (κ1) is 27.5. The van der Waals surface area contributed by atoms with Gasteiger partial charge in [0.25, 0.3) is 10.0 Å². The molecule has 37 heavy (non-hydrogen) atoms. The standard InChI is InChI=1S/C24H22F4N2O4S3/c1-23(31,24(26,27)28)17-6-10-19(11-7-17)30-13-12-29(37(33,34)21-3-2-14-35-21)15-20(30)22(36-32)16-4-8-18(25)9-5-16/h2-11,14,20,31H,12-13,15H2,1H3/t20-,23+/m1/s1. The SMILES string of the molecule is C[C@](O)(c1ccc(N2CCN(S(=O)(=O)c3cccs3)C[C@@H]2C(=S=O)c2ccc(F)cc2)cc1)C(F)(F)F. The van der Waals surface area contributed by atoms with Crippen LogP contribution in [-0.4, -0.2) is 58.8 Å². The van der Waals surface area contributed by atoms with E-state index in [4.69, 9.17) is 0 Å². The molecule has 0 unspecified atom stereocenters. The summed E-state index contributed by atoms with van der Waals surface area (Å²) in [5.41, 5.74) is -2.58. The van der Waals surface area contributed by atoms with Crippen LogP contribution in [0.15, 0.2) is 70.3 Å². The molecular formula is C24H22F4N2O4S3. The van der Waals surface area contributed by atoms with E-state index in [9.17, 15) is 35.3 Å². The van der Waals surface area contributed by atoms with E-state index >= 15 is 0 Å². The number of rotatable bonds is 6.